The molecule has 0 bridgehead atoms. The van der Waals surface area contributed by atoms with E-state index < -0.39 is 10.0 Å². The molecule has 1 aromatic heterocycles. The molecule has 0 spiro atoms. The maximum atomic E-state index is 12.5. The van der Waals surface area contributed by atoms with Gasteiger partial charge in [-0.3, -0.25) is 4.68 Å². The second kappa shape index (κ2) is 7.38. The number of nitrogens with one attached hydrogen (secondary N) is 1. The van der Waals surface area contributed by atoms with E-state index in [0.717, 1.165) is 38.9 Å². The van der Waals surface area contributed by atoms with Gasteiger partial charge in [-0.05, 0) is 38.3 Å². The fraction of sp³-hybridized carbons (Fsp3) is 0.786. The molecule has 7 heteroatoms. The van der Waals surface area contributed by atoms with Gasteiger partial charge in [0.1, 0.15) is 4.90 Å². The lowest BCUT2D eigenvalue weighted by Gasteiger charge is -2.29. The lowest BCUT2D eigenvalue weighted by atomic mass is 9.86. The zero-order valence-electron chi connectivity index (χ0n) is 13.0. The number of hydrogen-bond acceptors (Lipinski definition) is 4. The molecule has 0 amide bonds. The van der Waals surface area contributed by atoms with Gasteiger partial charge in [0, 0.05) is 26.3 Å². The first-order valence-corrected chi connectivity index (χ1v) is 9.17. The molecule has 1 fully saturated rings. The lowest BCUT2D eigenvalue weighted by Crippen LogP contribution is -2.34. The molecule has 1 saturated carbocycles. The van der Waals surface area contributed by atoms with E-state index >= 15 is 0 Å². The van der Waals surface area contributed by atoms with Crippen LogP contribution in [-0.2, 0) is 16.6 Å². The minimum absolute atomic E-state index is 0.299. The third-order valence-electron chi connectivity index (χ3n) is 4.05. The fourth-order valence-electron chi connectivity index (χ4n) is 2.46. The first-order chi connectivity index (χ1) is 10.0. The van der Waals surface area contributed by atoms with Gasteiger partial charge in [0.2, 0.25) is 10.0 Å². The number of aryl methyl sites for hydroxylation is 1. The molecular weight excluding hydrogens is 288 g/mol. The molecule has 1 N–H and O–H groups in total. The van der Waals surface area contributed by atoms with Crippen molar-refractivity contribution in [2.45, 2.75) is 44.0 Å². The molecule has 1 aliphatic carbocycles. The van der Waals surface area contributed by atoms with Gasteiger partial charge in [-0.1, -0.05) is 13.3 Å². The monoisotopic (exact) mass is 314 g/mol. The number of aromatic nitrogens is 2. The molecule has 0 atom stereocenters. The highest BCUT2D eigenvalue weighted by atomic mass is 32.2. The summed E-state index contributed by atoms with van der Waals surface area (Å²) >= 11 is 0. The number of rotatable bonds is 9. The Hall–Kier alpha value is -0.920. The molecule has 0 aromatic carbocycles. The summed E-state index contributed by atoms with van der Waals surface area (Å²) < 4.78 is 28.1. The number of hydrogen-bond donors (Lipinski definition) is 1. The van der Waals surface area contributed by atoms with Crippen LogP contribution in [0.25, 0.3) is 0 Å². The van der Waals surface area contributed by atoms with Gasteiger partial charge < -0.3 is 5.32 Å². The fourth-order valence-corrected chi connectivity index (χ4v) is 3.66. The molecule has 2 rings (SSSR count). The molecule has 6 nitrogen and oxygen atoms in total. The Bertz CT molecular complexity index is 537. The maximum absolute atomic E-state index is 12.5. The van der Waals surface area contributed by atoms with Crippen LogP contribution in [0.3, 0.4) is 0 Å². The smallest absolute Gasteiger partial charge is 0.245 e. The van der Waals surface area contributed by atoms with Crippen LogP contribution in [0.4, 0.5) is 0 Å². The summed E-state index contributed by atoms with van der Waals surface area (Å²) in [7, 11) is -1.73. The highest BCUT2D eigenvalue weighted by molar-refractivity contribution is 7.89. The molecule has 120 valence electrons. The van der Waals surface area contributed by atoms with Crippen molar-refractivity contribution in [1.82, 2.24) is 19.4 Å². The molecule has 0 saturated heterocycles. The van der Waals surface area contributed by atoms with E-state index in [9.17, 15) is 8.42 Å². The minimum Gasteiger partial charge on any atom is -0.317 e. The van der Waals surface area contributed by atoms with Gasteiger partial charge in [0.15, 0.2) is 0 Å². The van der Waals surface area contributed by atoms with E-state index in [2.05, 4.69) is 17.3 Å². The standard InChI is InChI=1S/C14H26N4O2S/c1-3-15-8-5-9-18-12-14(10-16-18)21(19,20)17(2)11-13-6-4-7-13/h10,12-13,15H,3-9,11H2,1-2H3. The first kappa shape index (κ1) is 16.5. The van der Waals surface area contributed by atoms with Crippen molar-refractivity contribution in [3.05, 3.63) is 12.4 Å². The van der Waals surface area contributed by atoms with Gasteiger partial charge in [-0.25, -0.2) is 12.7 Å². The summed E-state index contributed by atoms with van der Waals surface area (Å²) in [6.07, 6.45) is 7.54. The van der Waals surface area contributed by atoms with Crippen LogP contribution >= 0.6 is 0 Å². The Kier molecular flexibility index (Phi) is 5.78. The zero-order chi connectivity index (χ0) is 15.3. The van der Waals surface area contributed by atoms with Crippen molar-refractivity contribution in [3.63, 3.8) is 0 Å². The summed E-state index contributed by atoms with van der Waals surface area (Å²) in [6, 6.07) is 0. The van der Waals surface area contributed by atoms with Gasteiger partial charge in [-0.15, -0.1) is 0 Å². The molecule has 0 unspecified atom stereocenters. The van der Waals surface area contributed by atoms with Crippen LogP contribution in [0.5, 0.6) is 0 Å². The third kappa shape index (κ3) is 4.28. The molecule has 1 aromatic rings. The topological polar surface area (TPSA) is 67.2 Å². The molecule has 0 aliphatic heterocycles. The van der Waals surface area contributed by atoms with E-state index in [0.29, 0.717) is 17.4 Å². The van der Waals surface area contributed by atoms with Crippen LogP contribution in [-0.4, -0.2) is 49.2 Å². The second-order valence-electron chi connectivity index (χ2n) is 5.73. The Labute approximate surface area is 127 Å². The first-order valence-electron chi connectivity index (χ1n) is 7.73. The Balaban J connectivity index is 1.91. The Morgan fingerprint density at radius 1 is 1.48 bits per heavy atom. The highest BCUT2D eigenvalue weighted by Crippen LogP contribution is 2.28. The van der Waals surface area contributed by atoms with Crippen molar-refractivity contribution in [2.75, 3.05) is 26.7 Å². The maximum Gasteiger partial charge on any atom is 0.245 e. The van der Waals surface area contributed by atoms with E-state index in [1.54, 1.807) is 17.9 Å². The van der Waals surface area contributed by atoms with Crippen molar-refractivity contribution in [3.8, 4) is 0 Å². The summed E-state index contributed by atoms with van der Waals surface area (Å²) in [5.74, 6) is 0.528. The third-order valence-corrected chi connectivity index (χ3v) is 5.82. The molecule has 0 radical (unpaired) electrons. The number of sulfonamides is 1. The average Bonchev–Trinajstić information content (AvgIpc) is 2.88. The van der Waals surface area contributed by atoms with Crippen molar-refractivity contribution < 1.29 is 8.42 Å². The SMILES string of the molecule is CCNCCCn1cc(S(=O)(=O)N(C)CC2CCC2)cn1. The van der Waals surface area contributed by atoms with E-state index in [4.69, 9.17) is 0 Å². The van der Waals surface area contributed by atoms with E-state index in [1.165, 1.54) is 16.9 Å². The van der Waals surface area contributed by atoms with Crippen LogP contribution in [0.2, 0.25) is 0 Å². The Morgan fingerprint density at radius 3 is 2.86 bits per heavy atom. The molecular formula is C14H26N4O2S. The second-order valence-corrected chi connectivity index (χ2v) is 7.77. The van der Waals surface area contributed by atoms with E-state index in [-0.39, 0.29) is 0 Å². The summed E-state index contributed by atoms with van der Waals surface area (Å²) in [5, 5.41) is 7.40. The van der Waals surface area contributed by atoms with Crippen LogP contribution in [0.1, 0.15) is 32.6 Å². The van der Waals surface area contributed by atoms with Crippen LogP contribution in [0.15, 0.2) is 17.3 Å². The number of nitrogens with zero attached hydrogens (tertiary/aromatic N) is 3. The minimum atomic E-state index is -3.39. The molecule has 1 aliphatic rings. The van der Waals surface area contributed by atoms with Crippen LogP contribution in [0, 0.1) is 5.92 Å². The van der Waals surface area contributed by atoms with Crippen molar-refractivity contribution >= 4 is 10.0 Å². The van der Waals surface area contributed by atoms with Gasteiger partial charge in [0.05, 0.1) is 6.20 Å². The zero-order valence-corrected chi connectivity index (χ0v) is 13.8. The predicted octanol–water partition coefficient (Wildman–Crippen LogP) is 1.30. The summed E-state index contributed by atoms with van der Waals surface area (Å²) in [5.41, 5.74) is 0. The molecule has 21 heavy (non-hydrogen) atoms. The Morgan fingerprint density at radius 2 is 2.24 bits per heavy atom. The predicted molar refractivity (Wildman–Crippen MR) is 82.5 cm³/mol. The average molecular weight is 314 g/mol. The highest BCUT2D eigenvalue weighted by Gasteiger charge is 2.27. The van der Waals surface area contributed by atoms with Gasteiger partial charge >= 0.3 is 0 Å². The summed E-state index contributed by atoms with van der Waals surface area (Å²) in [6.45, 7) is 5.28. The molecule has 1 heterocycles. The van der Waals surface area contributed by atoms with Crippen LogP contribution < -0.4 is 5.32 Å². The van der Waals surface area contributed by atoms with Gasteiger partial charge in [0.25, 0.3) is 0 Å². The lowest BCUT2D eigenvalue weighted by molar-refractivity contribution is 0.263. The van der Waals surface area contributed by atoms with Gasteiger partial charge in [-0.2, -0.15) is 5.10 Å². The van der Waals surface area contributed by atoms with Crippen molar-refractivity contribution in [2.24, 2.45) is 5.92 Å². The summed E-state index contributed by atoms with van der Waals surface area (Å²) in [4.78, 5) is 0.299. The quantitative estimate of drug-likeness (QED) is 0.698. The van der Waals surface area contributed by atoms with E-state index in [1.807, 2.05) is 0 Å². The largest absolute Gasteiger partial charge is 0.317 e. The normalized spacial score (nSPS) is 16.3. The van der Waals surface area contributed by atoms with Crippen molar-refractivity contribution in [1.29, 1.82) is 0 Å².